The second-order valence-electron chi connectivity index (χ2n) is 5.58. The molecule has 3 N–H and O–H groups in total. The average molecular weight is 453 g/mol. The highest BCUT2D eigenvalue weighted by Crippen LogP contribution is 2.24. The van der Waals surface area contributed by atoms with Crippen LogP contribution in [0.15, 0.2) is 65.7 Å². The van der Waals surface area contributed by atoms with Crippen molar-refractivity contribution in [2.24, 2.45) is 10.7 Å². The third-order valence-corrected chi connectivity index (χ3v) is 3.82. The van der Waals surface area contributed by atoms with E-state index in [-0.39, 0.29) is 29.9 Å². The van der Waals surface area contributed by atoms with Crippen LogP contribution in [0.25, 0.3) is 0 Å². The van der Waals surface area contributed by atoms with Gasteiger partial charge in [-0.25, -0.2) is 0 Å². The molecule has 0 bridgehead atoms. The van der Waals surface area contributed by atoms with Crippen molar-refractivity contribution >= 4 is 29.9 Å². The lowest BCUT2D eigenvalue weighted by Crippen LogP contribution is -2.33. The molecule has 0 heterocycles. The number of guanidine groups is 1. The van der Waals surface area contributed by atoms with Gasteiger partial charge >= 0.3 is 0 Å². The van der Waals surface area contributed by atoms with Gasteiger partial charge in [-0.05, 0) is 24.5 Å². The van der Waals surface area contributed by atoms with Gasteiger partial charge in [0.2, 0.25) is 0 Å². The number of nitrogens with one attached hydrogen (secondary N) is 1. The van der Waals surface area contributed by atoms with E-state index in [0.717, 1.165) is 26.2 Å². The Hall–Kier alpha value is -1.60. The van der Waals surface area contributed by atoms with Gasteiger partial charge in [0.15, 0.2) is 5.96 Å². The van der Waals surface area contributed by atoms with E-state index in [1.54, 1.807) is 0 Å². The lowest BCUT2D eigenvalue weighted by molar-refractivity contribution is 0.145. The molecular formula is C20H28IN3O. The molecule has 0 saturated carbocycles. The van der Waals surface area contributed by atoms with E-state index in [9.17, 15) is 0 Å². The van der Waals surface area contributed by atoms with Gasteiger partial charge in [-0.2, -0.15) is 0 Å². The van der Waals surface area contributed by atoms with Crippen molar-refractivity contribution in [3.63, 3.8) is 0 Å². The molecule has 0 spiro atoms. The molecule has 2 aromatic carbocycles. The van der Waals surface area contributed by atoms with Crippen LogP contribution in [0.2, 0.25) is 0 Å². The van der Waals surface area contributed by atoms with Gasteiger partial charge < -0.3 is 15.8 Å². The number of rotatable bonds is 9. The smallest absolute Gasteiger partial charge is 0.188 e. The molecular weight excluding hydrogens is 425 g/mol. The molecule has 0 fully saturated rings. The van der Waals surface area contributed by atoms with Crippen LogP contribution in [0.5, 0.6) is 0 Å². The molecule has 0 saturated heterocycles. The zero-order valence-corrected chi connectivity index (χ0v) is 17.1. The Bertz CT molecular complexity index is 565. The summed E-state index contributed by atoms with van der Waals surface area (Å²) in [7, 11) is 0. The molecule has 2 rings (SSSR count). The Morgan fingerprint density at radius 2 is 1.60 bits per heavy atom. The summed E-state index contributed by atoms with van der Waals surface area (Å²) in [6, 6.07) is 20.9. The van der Waals surface area contributed by atoms with Gasteiger partial charge in [0, 0.05) is 25.7 Å². The molecule has 136 valence electrons. The summed E-state index contributed by atoms with van der Waals surface area (Å²) in [5.74, 6) is 0.694. The minimum Gasteiger partial charge on any atom is -0.382 e. The van der Waals surface area contributed by atoms with Crippen LogP contribution in [0, 0.1) is 0 Å². The summed E-state index contributed by atoms with van der Waals surface area (Å²) in [6.45, 7) is 4.89. The molecule has 0 aliphatic rings. The molecule has 25 heavy (non-hydrogen) atoms. The topological polar surface area (TPSA) is 59.6 Å². The van der Waals surface area contributed by atoms with Crippen LogP contribution in [0.4, 0.5) is 0 Å². The van der Waals surface area contributed by atoms with E-state index in [1.165, 1.54) is 11.1 Å². The lowest BCUT2D eigenvalue weighted by Gasteiger charge is -2.16. The zero-order chi connectivity index (χ0) is 17.0. The average Bonchev–Trinajstić information content (AvgIpc) is 2.63. The first-order valence-corrected chi connectivity index (χ1v) is 8.52. The highest BCUT2D eigenvalue weighted by atomic mass is 127. The number of halogens is 1. The van der Waals surface area contributed by atoms with Crippen LogP contribution < -0.4 is 11.1 Å². The lowest BCUT2D eigenvalue weighted by atomic mass is 9.91. The van der Waals surface area contributed by atoms with Crippen molar-refractivity contribution < 1.29 is 4.74 Å². The molecule has 5 heteroatoms. The minimum absolute atomic E-state index is 0. The number of nitrogens with zero attached hydrogens (tertiary/aromatic N) is 1. The highest BCUT2D eigenvalue weighted by Gasteiger charge is 2.13. The van der Waals surface area contributed by atoms with Gasteiger partial charge in [-0.3, -0.25) is 4.99 Å². The van der Waals surface area contributed by atoms with Gasteiger partial charge in [0.05, 0.1) is 6.54 Å². The van der Waals surface area contributed by atoms with Crippen LogP contribution in [-0.4, -0.2) is 32.3 Å². The first-order valence-electron chi connectivity index (χ1n) is 8.52. The monoisotopic (exact) mass is 453 g/mol. The Morgan fingerprint density at radius 3 is 2.12 bits per heavy atom. The van der Waals surface area contributed by atoms with Crippen LogP contribution in [-0.2, 0) is 4.74 Å². The van der Waals surface area contributed by atoms with Crippen molar-refractivity contribution in [1.29, 1.82) is 0 Å². The van der Waals surface area contributed by atoms with E-state index < -0.39 is 0 Å². The molecule has 0 aliphatic carbocycles. The fourth-order valence-corrected chi connectivity index (χ4v) is 2.55. The number of hydrogen-bond acceptors (Lipinski definition) is 2. The molecule has 0 atom stereocenters. The third kappa shape index (κ3) is 7.88. The molecule has 2 aromatic rings. The Kier molecular flexibility index (Phi) is 10.9. The van der Waals surface area contributed by atoms with Crippen molar-refractivity contribution in [2.75, 3.05) is 26.3 Å². The summed E-state index contributed by atoms with van der Waals surface area (Å²) < 4.78 is 5.31. The van der Waals surface area contributed by atoms with Gasteiger partial charge in [-0.1, -0.05) is 60.7 Å². The molecule has 0 amide bonds. The SMILES string of the molecule is CCOCCCNC(N)=NCC(c1ccccc1)c1ccccc1.I. The standard InChI is InChI=1S/C20H27N3O.HI/c1-2-24-15-9-14-22-20(21)23-16-19(17-10-5-3-6-11-17)18-12-7-4-8-13-18;/h3-8,10-13,19H,2,9,14-16H2,1H3,(H3,21,22,23);1H. The van der Waals surface area contributed by atoms with Crippen LogP contribution in [0.1, 0.15) is 30.4 Å². The predicted molar refractivity (Wildman–Crippen MR) is 116 cm³/mol. The molecule has 0 aromatic heterocycles. The molecule has 4 nitrogen and oxygen atoms in total. The van der Waals surface area contributed by atoms with E-state index in [2.05, 4.69) is 58.8 Å². The van der Waals surface area contributed by atoms with Gasteiger partial charge in [0.25, 0.3) is 0 Å². The fraction of sp³-hybridized carbons (Fsp3) is 0.350. The first-order chi connectivity index (χ1) is 11.8. The second-order valence-corrected chi connectivity index (χ2v) is 5.58. The van der Waals surface area contributed by atoms with Gasteiger partial charge in [0.1, 0.15) is 0 Å². The van der Waals surface area contributed by atoms with Crippen molar-refractivity contribution in [2.45, 2.75) is 19.3 Å². The largest absolute Gasteiger partial charge is 0.382 e. The summed E-state index contributed by atoms with van der Waals surface area (Å²) in [5, 5.41) is 3.15. The number of nitrogens with two attached hydrogens (primary N) is 1. The third-order valence-electron chi connectivity index (χ3n) is 3.82. The Morgan fingerprint density at radius 1 is 1.04 bits per heavy atom. The second kappa shape index (κ2) is 12.7. The Balaban J connectivity index is 0.00000312. The van der Waals surface area contributed by atoms with Crippen molar-refractivity contribution in [3.8, 4) is 0 Å². The highest BCUT2D eigenvalue weighted by molar-refractivity contribution is 14.0. The maximum atomic E-state index is 5.99. The number of ether oxygens (including phenoxy) is 1. The fourth-order valence-electron chi connectivity index (χ4n) is 2.55. The predicted octanol–water partition coefficient (Wildman–Crippen LogP) is 3.77. The summed E-state index contributed by atoms with van der Waals surface area (Å²) in [4.78, 5) is 4.54. The normalized spacial score (nSPS) is 11.2. The maximum absolute atomic E-state index is 5.99. The summed E-state index contributed by atoms with van der Waals surface area (Å²) in [5.41, 5.74) is 8.48. The van der Waals surface area contributed by atoms with Crippen LogP contribution >= 0.6 is 24.0 Å². The number of hydrogen-bond donors (Lipinski definition) is 2. The molecule has 0 radical (unpaired) electrons. The molecule has 0 unspecified atom stereocenters. The van der Waals surface area contributed by atoms with E-state index >= 15 is 0 Å². The van der Waals surface area contributed by atoms with Crippen molar-refractivity contribution in [1.82, 2.24) is 5.32 Å². The first kappa shape index (κ1) is 21.4. The quantitative estimate of drug-likeness (QED) is 0.263. The zero-order valence-electron chi connectivity index (χ0n) is 14.7. The van der Waals surface area contributed by atoms with Crippen molar-refractivity contribution in [3.05, 3.63) is 71.8 Å². The van der Waals surface area contributed by atoms with Gasteiger partial charge in [-0.15, -0.1) is 24.0 Å². The van der Waals surface area contributed by atoms with E-state index in [0.29, 0.717) is 12.5 Å². The minimum atomic E-state index is 0. The van der Waals surface area contributed by atoms with Crippen LogP contribution in [0.3, 0.4) is 0 Å². The number of benzene rings is 2. The number of aliphatic imine (C=N–C) groups is 1. The summed E-state index contributed by atoms with van der Waals surface area (Å²) in [6.07, 6.45) is 0.921. The summed E-state index contributed by atoms with van der Waals surface area (Å²) >= 11 is 0. The Labute approximate surface area is 167 Å². The molecule has 0 aliphatic heterocycles. The van der Waals surface area contributed by atoms with E-state index in [4.69, 9.17) is 10.5 Å². The van der Waals surface area contributed by atoms with E-state index in [1.807, 2.05) is 19.1 Å². The maximum Gasteiger partial charge on any atom is 0.188 e.